The molecule has 0 bridgehead atoms. The van der Waals surface area contributed by atoms with Crippen molar-refractivity contribution in [2.75, 3.05) is 31.5 Å². The van der Waals surface area contributed by atoms with Gasteiger partial charge in [0, 0.05) is 25.6 Å². The van der Waals surface area contributed by atoms with E-state index in [0.717, 1.165) is 31.9 Å². The third-order valence-corrected chi connectivity index (χ3v) is 3.51. The second-order valence-corrected chi connectivity index (χ2v) is 4.86. The number of hydrogen-bond donors (Lipinski definition) is 2. The maximum atomic E-state index is 11.4. The van der Waals surface area contributed by atoms with E-state index in [2.05, 4.69) is 27.1 Å². The molecule has 1 atom stereocenters. The second-order valence-electron chi connectivity index (χ2n) is 4.86. The quantitative estimate of drug-likeness (QED) is 0.821. The van der Waals surface area contributed by atoms with Crippen LogP contribution in [0.5, 0.6) is 0 Å². The highest BCUT2D eigenvalue weighted by atomic mass is 16.1. The summed E-state index contributed by atoms with van der Waals surface area (Å²) in [5.41, 5.74) is -0.0778. The van der Waals surface area contributed by atoms with Gasteiger partial charge < -0.3 is 15.2 Å². The molecule has 18 heavy (non-hydrogen) atoms. The first-order valence-corrected chi connectivity index (χ1v) is 6.77. The molecule has 0 aromatic carbocycles. The Morgan fingerprint density at radius 2 is 2.39 bits per heavy atom. The zero-order valence-electron chi connectivity index (χ0n) is 11.2. The summed E-state index contributed by atoms with van der Waals surface area (Å²) >= 11 is 0. The summed E-state index contributed by atoms with van der Waals surface area (Å²) < 4.78 is 0. The van der Waals surface area contributed by atoms with Gasteiger partial charge in [0.1, 0.15) is 11.6 Å². The van der Waals surface area contributed by atoms with E-state index in [1.807, 2.05) is 6.92 Å². The maximum Gasteiger partial charge on any atom is 0.252 e. The Bertz CT molecular complexity index is 443. The Labute approximate surface area is 108 Å². The van der Waals surface area contributed by atoms with Gasteiger partial charge in [-0.25, -0.2) is 4.98 Å². The summed E-state index contributed by atoms with van der Waals surface area (Å²) in [6.45, 7) is 8.54. The molecule has 2 rings (SSSR count). The Hall–Kier alpha value is -1.36. The minimum Gasteiger partial charge on any atom is -0.370 e. The molecule has 1 aromatic heterocycles. The molecule has 5 heteroatoms. The lowest BCUT2D eigenvalue weighted by Crippen LogP contribution is -2.23. The van der Waals surface area contributed by atoms with Gasteiger partial charge in [0.2, 0.25) is 0 Å². The standard InChI is InChI=1S/C13H22N4O/c1-3-11-15-12(7-13(18)16-11)14-8-10-5-6-17(4-2)9-10/h7,10H,3-6,8-9H2,1-2H3,(H2,14,15,16,18). The molecule has 100 valence electrons. The number of anilines is 1. The molecule has 2 N–H and O–H groups in total. The smallest absolute Gasteiger partial charge is 0.252 e. The van der Waals surface area contributed by atoms with Crippen LogP contribution in [0.4, 0.5) is 5.82 Å². The van der Waals surface area contributed by atoms with Crippen molar-refractivity contribution in [2.24, 2.45) is 5.92 Å². The van der Waals surface area contributed by atoms with E-state index < -0.39 is 0 Å². The highest BCUT2D eigenvalue weighted by molar-refractivity contribution is 5.33. The molecule has 0 amide bonds. The van der Waals surface area contributed by atoms with Crippen molar-refractivity contribution in [3.8, 4) is 0 Å². The third-order valence-electron chi connectivity index (χ3n) is 3.51. The van der Waals surface area contributed by atoms with Crippen molar-refractivity contribution < 1.29 is 0 Å². The fraction of sp³-hybridized carbons (Fsp3) is 0.692. The van der Waals surface area contributed by atoms with E-state index in [1.165, 1.54) is 19.0 Å². The summed E-state index contributed by atoms with van der Waals surface area (Å²) in [5, 5.41) is 3.29. The van der Waals surface area contributed by atoms with E-state index in [1.54, 1.807) is 0 Å². The first-order valence-electron chi connectivity index (χ1n) is 6.77. The van der Waals surface area contributed by atoms with Crippen LogP contribution in [0.2, 0.25) is 0 Å². The van der Waals surface area contributed by atoms with Gasteiger partial charge >= 0.3 is 0 Å². The molecule has 1 saturated heterocycles. The predicted molar refractivity (Wildman–Crippen MR) is 72.9 cm³/mol. The zero-order valence-corrected chi connectivity index (χ0v) is 11.2. The van der Waals surface area contributed by atoms with Gasteiger partial charge in [-0.2, -0.15) is 0 Å². The average molecular weight is 250 g/mol. The Morgan fingerprint density at radius 1 is 1.56 bits per heavy atom. The second kappa shape index (κ2) is 6.00. The number of nitrogens with one attached hydrogen (secondary N) is 2. The lowest BCUT2D eigenvalue weighted by Gasteiger charge is -2.14. The number of aromatic nitrogens is 2. The summed E-state index contributed by atoms with van der Waals surface area (Å²) in [7, 11) is 0. The molecule has 0 aliphatic carbocycles. The fourth-order valence-corrected chi connectivity index (χ4v) is 2.38. The van der Waals surface area contributed by atoms with Gasteiger partial charge in [-0.1, -0.05) is 13.8 Å². The molecular weight excluding hydrogens is 228 g/mol. The highest BCUT2D eigenvalue weighted by Gasteiger charge is 2.20. The Balaban J connectivity index is 1.90. The van der Waals surface area contributed by atoms with E-state index in [9.17, 15) is 4.79 Å². The summed E-state index contributed by atoms with van der Waals surface area (Å²) in [5.74, 6) is 2.10. The van der Waals surface area contributed by atoms with Crippen LogP contribution < -0.4 is 10.9 Å². The number of aryl methyl sites for hydroxylation is 1. The maximum absolute atomic E-state index is 11.4. The fourth-order valence-electron chi connectivity index (χ4n) is 2.38. The van der Waals surface area contributed by atoms with Crippen LogP contribution in [0, 0.1) is 5.92 Å². The van der Waals surface area contributed by atoms with Crippen molar-refractivity contribution in [1.82, 2.24) is 14.9 Å². The first-order chi connectivity index (χ1) is 8.71. The van der Waals surface area contributed by atoms with E-state index in [4.69, 9.17) is 0 Å². The number of aromatic amines is 1. The normalized spacial score (nSPS) is 20.2. The molecule has 0 spiro atoms. The van der Waals surface area contributed by atoms with Crippen LogP contribution in [0.1, 0.15) is 26.1 Å². The number of likely N-dealkylation sites (tertiary alicyclic amines) is 1. The van der Waals surface area contributed by atoms with Crippen molar-refractivity contribution in [3.63, 3.8) is 0 Å². The van der Waals surface area contributed by atoms with Crippen molar-refractivity contribution in [3.05, 3.63) is 22.2 Å². The summed E-state index contributed by atoms with van der Waals surface area (Å²) in [4.78, 5) is 21.0. The lowest BCUT2D eigenvalue weighted by molar-refractivity contribution is 0.345. The summed E-state index contributed by atoms with van der Waals surface area (Å²) in [6.07, 6.45) is 1.97. The van der Waals surface area contributed by atoms with Crippen LogP contribution in [0.25, 0.3) is 0 Å². The minimum atomic E-state index is -0.0778. The van der Waals surface area contributed by atoms with Gasteiger partial charge in [-0.15, -0.1) is 0 Å². The molecule has 2 heterocycles. The zero-order chi connectivity index (χ0) is 13.0. The van der Waals surface area contributed by atoms with Gasteiger partial charge in [-0.05, 0) is 25.4 Å². The monoisotopic (exact) mass is 250 g/mol. The van der Waals surface area contributed by atoms with Crippen LogP contribution in [-0.2, 0) is 6.42 Å². The highest BCUT2D eigenvalue weighted by Crippen LogP contribution is 2.15. The minimum absolute atomic E-state index is 0.0778. The van der Waals surface area contributed by atoms with E-state index in [-0.39, 0.29) is 5.56 Å². The Morgan fingerprint density at radius 3 is 3.06 bits per heavy atom. The van der Waals surface area contributed by atoms with Gasteiger partial charge in [-0.3, -0.25) is 4.79 Å². The third kappa shape index (κ3) is 3.32. The van der Waals surface area contributed by atoms with Crippen molar-refractivity contribution in [2.45, 2.75) is 26.7 Å². The summed E-state index contributed by atoms with van der Waals surface area (Å²) in [6, 6.07) is 1.53. The molecule has 1 fully saturated rings. The number of nitrogens with zero attached hydrogens (tertiary/aromatic N) is 2. The molecule has 0 radical (unpaired) electrons. The topological polar surface area (TPSA) is 61.0 Å². The van der Waals surface area contributed by atoms with E-state index in [0.29, 0.717) is 11.7 Å². The molecule has 5 nitrogen and oxygen atoms in total. The van der Waals surface area contributed by atoms with Gasteiger partial charge in [0.15, 0.2) is 0 Å². The van der Waals surface area contributed by atoms with Crippen LogP contribution in [0.15, 0.2) is 10.9 Å². The molecular formula is C13H22N4O. The molecule has 1 aliphatic heterocycles. The largest absolute Gasteiger partial charge is 0.370 e. The molecule has 1 aromatic rings. The average Bonchev–Trinajstić information content (AvgIpc) is 2.83. The van der Waals surface area contributed by atoms with Crippen LogP contribution >= 0.6 is 0 Å². The molecule has 1 aliphatic rings. The van der Waals surface area contributed by atoms with Crippen LogP contribution in [-0.4, -0.2) is 41.0 Å². The first kappa shape index (κ1) is 13.1. The number of H-pyrrole nitrogens is 1. The SMILES string of the molecule is CCc1nc(NCC2CCN(CC)C2)cc(=O)[nH]1. The van der Waals surface area contributed by atoms with Gasteiger partial charge in [0.25, 0.3) is 5.56 Å². The van der Waals surface area contributed by atoms with E-state index >= 15 is 0 Å². The van der Waals surface area contributed by atoms with Crippen LogP contribution in [0.3, 0.4) is 0 Å². The number of hydrogen-bond acceptors (Lipinski definition) is 4. The molecule has 0 saturated carbocycles. The lowest BCUT2D eigenvalue weighted by atomic mass is 10.1. The van der Waals surface area contributed by atoms with Crippen molar-refractivity contribution in [1.29, 1.82) is 0 Å². The number of rotatable bonds is 5. The van der Waals surface area contributed by atoms with Gasteiger partial charge in [0.05, 0.1) is 0 Å². The van der Waals surface area contributed by atoms with Crippen molar-refractivity contribution >= 4 is 5.82 Å². The predicted octanol–water partition coefficient (Wildman–Crippen LogP) is 1.09. The Kier molecular flexibility index (Phi) is 4.36. The molecule has 1 unspecified atom stereocenters.